The van der Waals surface area contributed by atoms with Crippen molar-refractivity contribution in [3.8, 4) is 0 Å². The Labute approximate surface area is 195 Å². The lowest BCUT2D eigenvalue weighted by Crippen LogP contribution is -2.53. The zero-order valence-electron chi connectivity index (χ0n) is 20.1. The molecule has 3 rings (SSSR count). The number of nitrogens with zero attached hydrogens (tertiary/aromatic N) is 2. The fraction of sp³-hybridized carbons (Fsp3) is 0.783. The van der Waals surface area contributed by atoms with Crippen LogP contribution in [0.4, 0.5) is 5.13 Å². The summed E-state index contributed by atoms with van der Waals surface area (Å²) in [5.41, 5.74) is 0.931. The number of nitrogens with one attached hydrogen (secondary N) is 2. The fourth-order valence-electron chi connectivity index (χ4n) is 5.68. The number of hydrogen-bond acceptors (Lipinski definition) is 7. The molecule has 32 heavy (non-hydrogen) atoms. The number of methoxy groups -OCH3 is 1. The number of aliphatic hydroxyl groups is 1. The molecule has 0 spiro atoms. The van der Waals surface area contributed by atoms with E-state index in [9.17, 15) is 14.7 Å². The van der Waals surface area contributed by atoms with E-state index in [0.717, 1.165) is 25.0 Å². The van der Waals surface area contributed by atoms with Crippen LogP contribution in [0.25, 0.3) is 0 Å². The number of amides is 2. The van der Waals surface area contributed by atoms with Gasteiger partial charge < -0.3 is 25.4 Å². The Morgan fingerprint density at radius 3 is 2.78 bits per heavy atom. The van der Waals surface area contributed by atoms with Gasteiger partial charge in [0.05, 0.1) is 24.9 Å². The molecule has 1 saturated carbocycles. The Morgan fingerprint density at radius 2 is 2.12 bits per heavy atom. The molecule has 1 heterocycles. The smallest absolute Gasteiger partial charge is 0.240 e. The first-order chi connectivity index (χ1) is 15.1. The Bertz CT molecular complexity index is 829. The maximum Gasteiger partial charge on any atom is 0.240 e. The van der Waals surface area contributed by atoms with Crippen LogP contribution in [-0.2, 0) is 20.7 Å². The quantitative estimate of drug-likeness (QED) is 0.507. The third kappa shape index (κ3) is 5.16. The largest absolute Gasteiger partial charge is 0.392 e. The number of carbonyl (C=O) groups is 2. The van der Waals surface area contributed by atoms with Crippen LogP contribution < -0.4 is 10.6 Å². The van der Waals surface area contributed by atoms with Gasteiger partial charge in [-0.15, -0.1) is 11.3 Å². The highest BCUT2D eigenvalue weighted by atomic mass is 32.1. The van der Waals surface area contributed by atoms with Crippen LogP contribution in [0, 0.1) is 23.2 Å². The van der Waals surface area contributed by atoms with E-state index in [1.807, 2.05) is 25.9 Å². The fourth-order valence-corrected chi connectivity index (χ4v) is 6.96. The molecule has 0 radical (unpaired) electrons. The minimum atomic E-state index is -0.575. The third-order valence-electron chi connectivity index (χ3n) is 7.29. The lowest BCUT2D eigenvalue weighted by Gasteiger charge is -2.53. The molecule has 2 amide bonds. The Morgan fingerprint density at radius 1 is 1.41 bits per heavy atom. The molecule has 2 aliphatic carbocycles. The van der Waals surface area contributed by atoms with Gasteiger partial charge in [-0.25, -0.2) is 4.98 Å². The second-order valence-electron chi connectivity index (χ2n) is 10.0. The van der Waals surface area contributed by atoms with Crippen molar-refractivity contribution in [1.82, 2.24) is 15.2 Å². The second kappa shape index (κ2) is 10.2. The van der Waals surface area contributed by atoms with Crippen molar-refractivity contribution >= 4 is 28.3 Å². The van der Waals surface area contributed by atoms with Gasteiger partial charge in [0.1, 0.15) is 0 Å². The van der Waals surface area contributed by atoms with E-state index < -0.39 is 6.10 Å². The van der Waals surface area contributed by atoms with Crippen molar-refractivity contribution in [1.29, 1.82) is 0 Å². The number of aliphatic hydroxyl groups excluding tert-OH is 1. The summed E-state index contributed by atoms with van der Waals surface area (Å²) >= 11 is 1.55. The lowest BCUT2D eigenvalue weighted by atomic mass is 9.53. The molecule has 1 aromatic heterocycles. The predicted octanol–water partition coefficient (Wildman–Crippen LogP) is 2.09. The molecule has 2 aliphatic rings. The highest BCUT2D eigenvalue weighted by molar-refractivity contribution is 7.15. The minimum Gasteiger partial charge on any atom is -0.392 e. The van der Waals surface area contributed by atoms with Crippen LogP contribution in [0.2, 0.25) is 0 Å². The summed E-state index contributed by atoms with van der Waals surface area (Å²) in [7, 11) is 5.32. The van der Waals surface area contributed by atoms with Crippen LogP contribution in [0.5, 0.6) is 0 Å². The van der Waals surface area contributed by atoms with Crippen molar-refractivity contribution in [2.75, 3.05) is 46.2 Å². The summed E-state index contributed by atoms with van der Waals surface area (Å²) in [6, 6.07) is 0. The van der Waals surface area contributed by atoms with Crippen LogP contribution in [0.15, 0.2) is 0 Å². The first-order valence-corrected chi connectivity index (χ1v) is 12.3. The number of hydrogen-bond donors (Lipinski definition) is 3. The normalized spacial score (nSPS) is 30.4. The van der Waals surface area contributed by atoms with E-state index in [-0.39, 0.29) is 40.9 Å². The summed E-state index contributed by atoms with van der Waals surface area (Å²) < 4.78 is 5.02. The van der Waals surface area contributed by atoms with Gasteiger partial charge in [-0.05, 0) is 50.6 Å². The Kier molecular flexibility index (Phi) is 7.96. The van der Waals surface area contributed by atoms with Crippen molar-refractivity contribution in [3.63, 3.8) is 0 Å². The number of ether oxygens (including phenoxy) is 1. The van der Waals surface area contributed by atoms with E-state index in [1.165, 1.54) is 4.88 Å². The molecule has 3 N–H and O–H groups in total. The van der Waals surface area contributed by atoms with Crippen molar-refractivity contribution in [2.45, 2.75) is 52.1 Å². The van der Waals surface area contributed by atoms with Gasteiger partial charge in [0.2, 0.25) is 11.8 Å². The number of aromatic nitrogens is 1. The molecular formula is C23H38N4O4S. The van der Waals surface area contributed by atoms with Crippen LogP contribution in [0.1, 0.15) is 50.1 Å². The summed E-state index contributed by atoms with van der Waals surface area (Å²) in [5, 5.41) is 17.9. The van der Waals surface area contributed by atoms with E-state index in [2.05, 4.69) is 24.5 Å². The Balaban J connectivity index is 1.76. The maximum absolute atomic E-state index is 12.6. The molecule has 8 nitrogen and oxygen atoms in total. The highest BCUT2D eigenvalue weighted by Gasteiger charge is 2.53. The van der Waals surface area contributed by atoms with Gasteiger partial charge in [-0.2, -0.15) is 0 Å². The molecule has 1 fully saturated rings. The van der Waals surface area contributed by atoms with Gasteiger partial charge in [0.15, 0.2) is 5.13 Å². The van der Waals surface area contributed by atoms with Crippen LogP contribution >= 0.6 is 11.3 Å². The molecule has 0 unspecified atom stereocenters. The molecule has 0 aliphatic heterocycles. The maximum atomic E-state index is 12.6. The lowest BCUT2D eigenvalue weighted by molar-refractivity contribution is -0.135. The number of thiazole rings is 1. The van der Waals surface area contributed by atoms with Crippen molar-refractivity contribution in [2.24, 2.45) is 23.2 Å². The number of fused-ring (bicyclic) bond motifs is 2. The summed E-state index contributed by atoms with van der Waals surface area (Å²) in [5.74, 6) is -0.380. The zero-order chi connectivity index (χ0) is 23.6. The number of rotatable bonds is 8. The van der Waals surface area contributed by atoms with Gasteiger partial charge in [0.25, 0.3) is 0 Å². The average molecular weight is 467 g/mol. The van der Waals surface area contributed by atoms with Gasteiger partial charge in [-0.1, -0.05) is 20.8 Å². The molecule has 0 bridgehead atoms. The summed E-state index contributed by atoms with van der Waals surface area (Å²) in [4.78, 5) is 32.6. The number of likely N-dealkylation sites (N-methyl/N-ethyl adjacent to an activating group) is 1. The predicted molar refractivity (Wildman–Crippen MR) is 126 cm³/mol. The summed E-state index contributed by atoms with van der Waals surface area (Å²) in [6.07, 6.45) is 2.05. The number of carbonyl (C=O) groups excluding carboxylic acids is 2. The van der Waals surface area contributed by atoms with Gasteiger partial charge in [0, 0.05) is 30.4 Å². The van der Waals surface area contributed by atoms with Gasteiger partial charge >= 0.3 is 0 Å². The van der Waals surface area contributed by atoms with Crippen LogP contribution in [0.3, 0.4) is 0 Å². The van der Waals surface area contributed by atoms with E-state index in [4.69, 9.17) is 9.72 Å². The highest BCUT2D eigenvalue weighted by Crippen LogP contribution is 2.57. The third-order valence-corrected chi connectivity index (χ3v) is 8.28. The van der Waals surface area contributed by atoms with Gasteiger partial charge in [-0.3, -0.25) is 9.59 Å². The van der Waals surface area contributed by atoms with E-state index >= 15 is 0 Å². The van der Waals surface area contributed by atoms with Crippen molar-refractivity contribution < 1.29 is 19.4 Å². The van der Waals surface area contributed by atoms with E-state index in [1.54, 1.807) is 18.4 Å². The van der Waals surface area contributed by atoms with Crippen molar-refractivity contribution in [3.05, 3.63) is 10.6 Å². The standard InChI is InChI=1S/C23H38N4O4S/c1-13(21(30)24-9-10-31-6)15-7-8-23(3)11-16-19(14(2)18(23)20(15)29)26-22(32-16)25-17(28)12-27(4)5/h13-15,18,20,29H,7-12H2,1-6H3,(H,24,30)(H,25,26,28)/t13-,14+,15+,18+,20-,23+/m0/s1. The summed E-state index contributed by atoms with van der Waals surface area (Å²) in [6.45, 7) is 7.56. The molecule has 0 aromatic carbocycles. The SMILES string of the molecule is COCCNC(=O)[C@@H](C)[C@H]1CC[C@]2(C)Cc3sc(NC(=O)CN(C)C)nc3[C@H](C)[C@@H]2[C@H]1O. The second-order valence-corrected chi connectivity index (χ2v) is 11.1. The average Bonchev–Trinajstić information content (AvgIpc) is 3.08. The first-order valence-electron chi connectivity index (χ1n) is 11.5. The molecule has 1 aromatic rings. The minimum absolute atomic E-state index is 0.0235. The first kappa shape index (κ1) is 25.1. The van der Waals surface area contributed by atoms with Crippen LogP contribution in [-0.4, -0.2) is 73.8 Å². The zero-order valence-corrected chi connectivity index (χ0v) is 20.9. The molecule has 0 saturated heterocycles. The molecular weight excluding hydrogens is 428 g/mol. The van der Waals surface area contributed by atoms with E-state index in [0.29, 0.717) is 24.8 Å². The molecule has 6 atom stereocenters. The molecule has 9 heteroatoms. The Hall–Kier alpha value is -1.55. The monoisotopic (exact) mass is 466 g/mol. The number of anilines is 1. The topological polar surface area (TPSA) is 104 Å². The molecule has 180 valence electrons.